The number of ketones is 2. The molecule has 0 bridgehead atoms. The summed E-state index contributed by atoms with van der Waals surface area (Å²) in [5.41, 5.74) is -0.598. The van der Waals surface area contributed by atoms with Crippen LogP contribution < -0.4 is 5.73 Å². The molecule has 18 heteroatoms. The van der Waals surface area contributed by atoms with Crippen LogP contribution in [0.3, 0.4) is 0 Å². The fraction of sp³-hybridized carbons (Fsp3) is 0.724. The van der Waals surface area contributed by atoms with E-state index in [4.69, 9.17) is 15.2 Å². The molecule has 17 nitrogen and oxygen atoms in total. The molecule has 0 spiro atoms. The van der Waals surface area contributed by atoms with Crippen LogP contribution in [0.1, 0.15) is 52.9 Å². The van der Waals surface area contributed by atoms with Gasteiger partial charge in [0.05, 0.1) is 12.5 Å². The third kappa shape index (κ3) is 6.09. The fourth-order valence-electron chi connectivity index (χ4n) is 8.38. The molecule has 2 unspecified atom stereocenters. The monoisotopic (exact) mass is 671 g/mol. The van der Waals surface area contributed by atoms with Gasteiger partial charge >= 0.3 is 11.9 Å². The van der Waals surface area contributed by atoms with Crippen molar-refractivity contribution in [3.8, 4) is 0 Å². The Morgan fingerprint density at radius 3 is 2.47 bits per heavy atom. The topological polar surface area (TPSA) is 258 Å². The number of allylic oxidation sites excluding steroid dienone is 4. The molecule has 10 atom stereocenters. The first-order valence-electron chi connectivity index (χ1n) is 15.0. The maximum atomic E-state index is 17.3. The summed E-state index contributed by atoms with van der Waals surface area (Å²) in [6, 6.07) is -1.66. The molecule has 0 aromatic heterocycles. The predicted molar refractivity (Wildman–Crippen MR) is 152 cm³/mol. The second-order valence-electron chi connectivity index (χ2n) is 13.2. The third-order valence-electron chi connectivity index (χ3n) is 10.7. The average molecular weight is 672 g/mol. The highest BCUT2D eigenvalue weighted by molar-refractivity contribution is 6.01. The van der Waals surface area contributed by atoms with Crippen molar-refractivity contribution < 1.29 is 63.1 Å². The Morgan fingerprint density at radius 1 is 1.15 bits per heavy atom. The summed E-state index contributed by atoms with van der Waals surface area (Å²) < 4.78 is 27.1. The molecular formula is C29H38FN3O14. The summed E-state index contributed by atoms with van der Waals surface area (Å²) >= 11 is 0. The van der Waals surface area contributed by atoms with Gasteiger partial charge in [0.1, 0.15) is 24.9 Å². The number of rotatable bonds is 13. The van der Waals surface area contributed by atoms with Crippen LogP contribution in [-0.4, -0.2) is 93.2 Å². The lowest BCUT2D eigenvalue weighted by molar-refractivity contribution is -0.790. The maximum Gasteiger partial charge on any atom is 0.323 e. The zero-order valence-corrected chi connectivity index (χ0v) is 26.0. The minimum atomic E-state index is -2.17. The quantitative estimate of drug-likeness (QED) is 0.137. The van der Waals surface area contributed by atoms with E-state index in [-0.39, 0.29) is 25.0 Å². The van der Waals surface area contributed by atoms with Crippen molar-refractivity contribution >= 4 is 23.5 Å². The number of hydrogen-bond acceptors (Lipinski definition) is 15. The van der Waals surface area contributed by atoms with Crippen LogP contribution in [0.5, 0.6) is 0 Å². The molecule has 0 amide bonds. The lowest BCUT2D eigenvalue weighted by Gasteiger charge is -2.62. The fourth-order valence-corrected chi connectivity index (χ4v) is 8.38. The van der Waals surface area contributed by atoms with E-state index in [0.29, 0.717) is 12.0 Å². The molecule has 3 saturated carbocycles. The van der Waals surface area contributed by atoms with E-state index in [1.807, 2.05) is 0 Å². The van der Waals surface area contributed by atoms with Gasteiger partial charge in [0.2, 0.25) is 5.78 Å². The van der Waals surface area contributed by atoms with Gasteiger partial charge in [0.15, 0.2) is 24.2 Å². The van der Waals surface area contributed by atoms with Gasteiger partial charge in [-0.1, -0.05) is 25.5 Å². The molecule has 0 aliphatic heterocycles. The van der Waals surface area contributed by atoms with Crippen molar-refractivity contribution in [2.45, 2.75) is 82.4 Å². The standard InChI is InChI=1S/C29H38FN3O14/c1-15-8-20-19-5-4-16-9-17(34)6-7-26(16,2)28(19,30)22(35)11-27(20,3)29(15,39)23(36)14-44-24(37)10-21(31)25(38)45-12-18(47-33(42)43)13-46-32(40)41/h6-7,9,15,18-22,35,39H,4-5,8,10-14,31H2,1-3H3/t15-,18?,19-,20-,21?,22-,26-,27-,28-,29-/m0/s1. The van der Waals surface area contributed by atoms with Crippen LogP contribution in [0.15, 0.2) is 23.8 Å². The Morgan fingerprint density at radius 2 is 1.83 bits per heavy atom. The van der Waals surface area contributed by atoms with Crippen LogP contribution in [0.4, 0.5) is 4.39 Å². The number of hydrogen-bond donors (Lipinski definition) is 3. The number of ether oxygens (including phenoxy) is 2. The largest absolute Gasteiger partial charge is 0.462 e. The van der Waals surface area contributed by atoms with Crippen LogP contribution in [0, 0.1) is 48.8 Å². The Kier molecular flexibility index (Phi) is 9.81. The highest BCUT2D eigenvalue weighted by atomic mass is 19.1. The number of nitrogens with zero attached hydrogens (tertiary/aromatic N) is 2. The van der Waals surface area contributed by atoms with Crippen molar-refractivity contribution in [3.05, 3.63) is 44.0 Å². The van der Waals surface area contributed by atoms with Gasteiger partial charge in [-0.25, -0.2) is 4.39 Å². The van der Waals surface area contributed by atoms with Gasteiger partial charge in [-0.3, -0.25) is 19.2 Å². The molecule has 0 heterocycles. The molecule has 4 N–H and O–H groups in total. The smallest absolute Gasteiger partial charge is 0.323 e. The highest BCUT2D eigenvalue weighted by Crippen LogP contribution is 2.70. The second kappa shape index (κ2) is 12.9. The van der Waals surface area contributed by atoms with Crippen LogP contribution >= 0.6 is 0 Å². The molecule has 0 aromatic rings. The van der Waals surface area contributed by atoms with Crippen molar-refractivity contribution in [1.29, 1.82) is 0 Å². The van der Waals surface area contributed by atoms with Gasteiger partial charge in [0, 0.05) is 16.7 Å². The zero-order valence-electron chi connectivity index (χ0n) is 26.0. The van der Waals surface area contributed by atoms with E-state index in [0.717, 1.165) is 0 Å². The molecule has 4 aliphatic rings. The molecule has 0 radical (unpaired) electrons. The van der Waals surface area contributed by atoms with E-state index in [9.17, 15) is 49.6 Å². The van der Waals surface area contributed by atoms with Gasteiger partial charge in [-0.2, -0.15) is 0 Å². The molecule has 3 fully saturated rings. The number of alkyl halides is 1. The Balaban J connectivity index is 1.39. The number of aliphatic hydroxyl groups excluding tert-OH is 1. The molecule has 4 rings (SSSR count). The van der Waals surface area contributed by atoms with Crippen molar-refractivity contribution in [3.63, 3.8) is 0 Å². The normalized spacial score (nSPS) is 36.8. The number of aliphatic hydroxyl groups is 2. The van der Waals surface area contributed by atoms with E-state index >= 15 is 4.39 Å². The Hall–Kier alpha value is -4.03. The number of nitrogens with two attached hydrogens (primary N) is 1. The summed E-state index contributed by atoms with van der Waals surface area (Å²) in [5, 5.41) is 41.8. The molecular weight excluding hydrogens is 633 g/mol. The van der Waals surface area contributed by atoms with E-state index in [1.165, 1.54) is 18.2 Å². The minimum absolute atomic E-state index is 0.248. The Bertz CT molecular complexity index is 1410. The molecule has 4 aliphatic carbocycles. The SMILES string of the molecule is C[C@H]1C[C@H]2[C@@H]3CCC4=CC(=O)C=C[C@]4(C)[C@@]3(F)[C@@H](O)C[C@]2(C)[C@@]1(O)C(=O)COC(=O)CC(N)C(=O)OCC(CO[N+](=O)[O-])O[N+](=O)[O-]. The van der Waals surface area contributed by atoms with Crippen molar-refractivity contribution in [2.24, 2.45) is 34.3 Å². The lowest BCUT2D eigenvalue weighted by Crippen LogP contribution is -2.69. The number of halogens is 1. The molecule has 0 aromatic carbocycles. The van der Waals surface area contributed by atoms with Crippen LogP contribution in [0.2, 0.25) is 0 Å². The summed E-state index contributed by atoms with van der Waals surface area (Å²) in [5.74, 6) is -5.51. The summed E-state index contributed by atoms with van der Waals surface area (Å²) in [7, 11) is 0. The summed E-state index contributed by atoms with van der Waals surface area (Å²) in [4.78, 5) is 79.3. The van der Waals surface area contributed by atoms with E-state index < -0.39 is 112 Å². The number of Topliss-reactive ketones (excluding diaryl/α,β-unsaturated/α-hetero) is 1. The van der Waals surface area contributed by atoms with Gasteiger partial charge in [0.25, 0.3) is 10.2 Å². The number of carbonyl (C=O) groups excluding carboxylic acids is 4. The number of esters is 2. The average Bonchev–Trinajstić information content (AvgIpc) is 3.19. The first kappa shape index (κ1) is 35.8. The minimum Gasteiger partial charge on any atom is -0.462 e. The maximum absolute atomic E-state index is 17.3. The number of carbonyl (C=O) groups is 4. The summed E-state index contributed by atoms with van der Waals surface area (Å²) in [6.07, 6.45) is 0.790. The van der Waals surface area contributed by atoms with Crippen LogP contribution in [-0.2, 0) is 38.3 Å². The second-order valence-corrected chi connectivity index (χ2v) is 13.2. The lowest BCUT2D eigenvalue weighted by atomic mass is 9.44. The van der Waals surface area contributed by atoms with E-state index in [2.05, 4.69) is 9.68 Å². The summed E-state index contributed by atoms with van der Waals surface area (Å²) in [6.45, 7) is 2.16. The third-order valence-corrected chi connectivity index (χ3v) is 10.7. The van der Waals surface area contributed by atoms with Crippen molar-refractivity contribution in [1.82, 2.24) is 0 Å². The van der Waals surface area contributed by atoms with Gasteiger partial charge in [-0.15, -0.1) is 20.2 Å². The van der Waals surface area contributed by atoms with Crippen molar-refractivity contribution in [2.75, 3.05) is 19.8 Å². The van der Waals surface area contributed by atoms with E-state index in [1.54, 1.807) is 20.8 Å². The first-order chi connectivity index (χ1) is 21.8. The molecule has 260 valence electrons. The molecule has 47 heavy (non-hydrogen) atoms. The number of fused-ring (bicyclic) bond motifs is 5. The Labute approximate surface area is 267 Å². The highest BCUT2D eigenvalue weighted by Gasteiger charge is 2.75. The van der Waals surface area contributed by atoms with Gasteiger partial charge < -0.3 is 35.1 Å². The first-order valence-corrected chi connectivity index (χ1v) is 15.0. The van der Waals surface area contributed by atoms with Gasteiger partial charge in [-0.05, 0) is 56.6 Å². The molecule has 0 saturated heterocycles. The van der Waals surface area contributed by atoms with Crippen LogP contribution in [0.25, 0.3) is 0 Å². The zero-order chi connectivity index (χ0) is 35.1. The predicted octanol–water partition coefficient (Wildman–Crippen LogP) is 0.492.